The maximum absolute atomic E-state index is 12.0. The second-order valence-electron chi connectivity index (χ2n) is 5.13. The fourth-order valence-corrected chi connectivity index (χ4v) is 2.98. The summed E-state index contributed by atoms with van der Waals surface area (Å²) in [7, 11) is 1.29. The highest BCUT2D eigenvalue weighted by molar-refractivity contribution is 7.13. The fourth-order valence-electron chi connectivity index (χ4n) is 2.23. The van der Waals surface area contributed by atoms with E-state index in [-0.39, 0.29) is 11.6 Å². The van der Waals surface area contributed by atoms with Crippen LogP contribution >= 0.6 is 11.5 Å². The van der Waals surface area contributed by atoms with Gasteiger partial charge < -0.3 is 15.4 Å². The Labute approximate surface area is 148 Å². The molecule has 7 nitrogen and oxygen atoms in total. The number of hydrogen-bond acceptors (Lipinski definition) is 7. The highest BCUT2D eigenvalue weighted by Gasteiger charge is 2.10. The summed E-state index contributed by atoms with van der Waals surface area (Å²) in [4.78, 5) is 27.3. The van der Waals surface area contributed by atoms with Crippen LogP contribution in [0.4, 0.5) is 5.82 Å². The number of aromatic nitrogens is 2. The molecule has 0 saturated carbocycles. The predicted octanol–water partition coefficient (Wildman–Crippen LogP) is 2.32. The van der Waals surface area contributed by atoms with Crippen molar-refractivity contribution in [3.05, 3.63) is 53.9 Å². The molecule has 8 heteroatoms. The summed E-state index contributed by atoms with van der Waals surface area (Å²) in [6, 6.07) is 11.0. The van der Waals surface area contributed by atoms with Crippen molar-refractivity contribution in [2.45, 2.75) is 0 Å². The SMILES string of the molecule is COC(=O)c1ccc(C(=O)NCCNc2nsc3ccccc23)nc1. The number of pyridine rings is 1. The zero-order chi connectivity index (χ0) is 17.6. The molecule has 1 amide bonds. The van der Waals surface area contributed by atoms with Gasteiger partial charge in [-0.05, 0) is 35.8 Å². The average Bonchev–Trinajstić information content (AvgIpc) is 3.07. The Hall–Kier alpha value is -3.00. The summed E-state index contributed by atoms with van der Waals surface area (Å²) in [5.41, 5.74) is 0.544. The van der Waals surface area contributed by atoms with Crippen LogP contribution in [0.1, 0.15) is 20.8 Å². The van der Waals surface area contributed by atoms with Gasteiger partial charge in [0.05, 0.1) is 17.4 Å². The number of carbonyl (C=O) groups is 2. The van der Waals surface area contributed by atoms with Crippen LogP contribution < -0.4 is 10.6 Å². The molecule has 2 aromatic heterocycles. The second-order valence-corrected chi connectivity index (χ2v) is 5.94. The van der Waals surface area contributed by atoms with Gasteiger partial charge in [0.25, 0.3) is 5.91 Å². The molecule has 2 heterocycles. The number of nitrogens with zero attached hydrogens (tertiary/aromatic N) is 2. The summed E-state index contributed by atoms with van der Waals surface area (Å²) < 4.78 is 10.1. The Kier molecular flexibility index (Phi) is 5.20. The van der Waals surface area contributed by atoms with Crippen LogP contribution in [0.2, 0.25) is 0 Å². The van der Waals surface area contributed by atoms with Crippen LogP contribution in [-0.2, 0) is 4.74 Å². The predicted molar refractivity (Wildman–Crippen MR) is 96.0 cm³/mol. The highest BCUT2D eigenvalue weighted by Crippen LogP contribution is 2.25. The Morgan fingerprint density at radius 1 is 1.16 bits per heavy atom. The third kappa shape index (κ3) is 3.92. The van der Waals surface area contributed by atoms with E-state index in [1.807, 2.05) is 24.3 Å². The fraction of sp³-hybridized carbons (Fsp3) is 0.176. The lowest BCUT2D eigenvalue weighted by Gasteiger charge is -2.06. The molecule has 3 aromatic rings. The van der Waals surface area contributed by atoms with Gasteiger partial charge in [0.15, 0.2) is 0 Å². The van der Waals surface area contributed by atoms with E-state index in [2.05, 4.69) is 24.7 Å². The van der Waals surface area contributed by atoms with Gasteiger partial charge in [0.2, 0.25) is 0 Å². The first-order valence-corrected chi connectivity index (χ1v) is 8.37. The normalized spacial score (nSPS) is 10.4. The van der Waals surface area contributed by atoms with E-state index in [0.29, 0.717) is 18.7 Å². The molecule has 0 aliphatic rings. The van der Waals surface area contributed by atoms with Gasteiger partial charge in [-0.1, -0.05) is 12.1 Å². The van der Waals surface area contributed by atoms with Crippen LogP contribution in [0.3, 0.4) is 0 Å². The monoisotopic (exact) mass is 356 g/mol. The Morgan fingerprint density at radius 3 is 2.76 bits per heavy atom. The molecule has 0 atom stereocenters. The number of rotatable bonds is 6. The largest absolute Gasteiger partial charge is 0.465 e. The van der Waals surface area contributed by atoms with E-state index < -0.39 is 5.97 Å². The average molecular weight is 356 g/mol. The molecule has 0 radical (unpaired) electrons. The Morgan fingerprint density at radius 2 is 2.00 bits per heavy atom. The number of fused-ring (bicyclic) bond motifs is 1. The van der Waals surface area contributed by atoms with E-state index in [4.69, 9.17) is 0 Å². The highest BCUT2D eigenvalue weighted by atomic mass is 32.1. The first kappa shape index (κ1) is 16.8. The van der Waals surface area contributed by atoms with Crippen molar-refractivity contribution in [3.8, 4) is 0 Å². The lowest BCUT2D eigenvalue weighted by Crippen LogP contribution is -2.29. The van der Waals surface area contributed by atoms with Crippen molar-refractivity contribution in [2.24, 2.45) is 0 Å². The molecule has 0 aliphatic heterocycles. The van der Waals surface area contributed by atoms with E-state index in [1.165, 1.54) is 37.0 Å². The van der Waals surface area contributed by atoms with E-state index in [0.717, 1.165) is 15.9 Å². The molecular formula is C17H16N4O3S. The van der Waals surface area contributed by atoms with Gasteiger partial charge in [-0.3, -0.25) is 9.78 Å². The molecule has 128 valence electrons. The Balaban J connectivity index is 1.50. The standard InChI is InChI=1S/C17H16N4O3S/c1-24-17(23)11-6-7-13(20-10-11)16(22)19-9-8-18-15-12-4-2-3-5-14(12)25-21-15/h2-7,10H,8-9H2,1H3,(H,18,21)(H,19,22). The Bertz CT molecular complexity index is 892. The lowest BCUT2D eigenvalue weighted by molar-refractivity contribution is 0.0599. The van der Waals surface area contributed by atoms with Crippen molar-refractivity contribution in [3.63, 3.8) is 0 Å². The van der Waals surface area contributed by atoms with Gasteiger partial charge in [-0.2, -0.15) is 4.37 Å². The molecule has 0 bridgehead atoms. The lowest BCUT2D eigenvalue weighted by atomic mass is 10.2. The van der Waals surface area contributed by atoms with E-state index >= 15 is 0 Å². The van der Waals surface area contributed by atoms with Crippen LogP contribution in [0.25, 0.3) is 10.1 Å². The zero-order valence-electron chi connectivity index (χ0n) is 13.5. The van der Waals surface area contributed by atoms with Gasteiger partial charge in [-0.25, -0.2) is 4.79 Å². The summed E-state index contributed by atoms with van der Waals surface area (Å²) in [5, 5.41) is 7.05. The van der Waals surface area contributed by atoms with Gasteiger partial charge in [0, 0.05) is 24.7 Å². The van der Waals surface area contributed by atoms with Crippen molar-refractivity contribution < 1.29 is 14.3 Å². The number of amides is 1. The quantitative estimate of drug-likeness (QED) is 0.520. The minimum atomic E-state index is -0.487. The molecule has 0 spiro atoms. The number of carbonyl (C=O) groups excluding carboxylic acids is 2. The van der Waals surface area contributed by atoms with Gasteiger partial charge in [-0.15, -0.1) is 0 Å². The number of methoxy groups -OCH3 is 1. The molecule has 0 aliphatic carbocycles. The van der Waals surface area contributed by atoms with Gasteiger partial charge >= 0.3 is 5.97 Å². The third-order valence-corrected chi connectivity index (χ3v) is 4.32. The number of benzene rings is 1. The number of hydrogen-bond donors (Lipinski definition) is 2. The first-order chi connectivity index (χ1) is 12.2. The van der Waals surface area contributed by atoms with Crippen LogP contribution in [0.15, 0.2) is 42.6 Å². The summed E-state index contributed by atoms with van der Waals surface area (Å²) in [6.07, 6.45) is 1.32. The molecule has 0 unspecified atom stereocenters. The maximum atomic E-state index is 12.0. The third-order valence-electron chi connectivity index (χ3n) is 3.50. The summed E-state index contributed by atoms with van der Waals surface area (Å²) in [5.74, 6) is 0.0240. The molecular weight excluding hydrogens is 340 g/mol. The number of anilines is 1. The van der Waals surface area contributed by atoms with Crippen molar-refractivity contribution in [1.29, 1.82) is 0 Å². The number of nitrogens with one attached hydrogen (secondary N) is 2. The molecule has 25 heavy (non-hydrogen) atoms. The maximum Gasteiger partial charge on any atom is 0.339 e. The minimum Gasteiger partial charge on any atom is -0.465 e. The summed E-state index contributed by atoms with van der Waals surface area (Å²) >= 11 is 1.43. The second kappa shape index (κ2) is 7.71. The molecule has 2 N–H and O–H groups in total. The number of ether oxygens (including phenoxy) is 1. The van der Waals surface area contributed by atoms with Crippen molar-refractivity contribution in [2.75, 3.05) is 25.5 Å². The molecule has 1 aromatic carbocycles. The molecule has 0 saturated heterocycles. The van der Waals surface area contributed by atoms with Crippen LogP contribution in [-0.4, -0.2) is 41.4 Å². The minimum absolute atomic E-state index is 0.242. The zero-order valence-corrected chi connectivity index (χ0v) is 14.3. The molecule has 0 fully saturated rings. The first-order valence-electron chi connectivity index (χ1n) is 7.60. The van der Waals surface area contributed by atoms with E-state index in [1.54, 1.807) is 0 Å². The smallest absolute Gasteiger partial charge is 0.339 e. The molecule has 3 rings (SSSR count). The summed E-state index contributed by atoms with van der Waals surface area (Å²) in [6.45, 7) is 0.963. The van der Waals surface area contributed by atoms with Crippen molar-refractivity contribution >= 4 is 39.3 Å². The number of esters is 1. The van der Waals surface area contributed by atoms with Gasteiger partial charge in [0.1, 0.15) is 11.5 Å². The van der Waals surface area contributed by atoms with Crippen molar-refractivity contribution in [1.82, 2.24) is 14.7 Å². The van der Waals surface area contributed by atoms with Crippen LogP contribution in [0.5, 0.6) is 0 Å². The topological polar surface area (TPSA) is 93.2 Å². The van der Waals surface area contributed by atoms with Crippen LogP contribution in [0, 0.1) is 0 Å². The van der Waals surface area contributed by atoms with E-state index in [9.17, 15) is 9.59 Å².